The van der Waals surface area contributed by atoms with Crippen LogP contribution in [0.5, 0.6) is 0 Å². The van der Waals surface area contributed by atoms with Crippen molar-refractivity contribution in [2.75, 3.05) is 0 Å². The maximum atomic E-state index is 12.2. The molecule has 0 spiro atoms. The smallest absolute Gasteiger partial charge is 0.180 e. The van der Waals surface area contributed by atoms with Crippen LogP contribution in [0.4, 0.5) is 0 Å². The van der Waals surface area contributed by atoms with Crippen molar-refractivity contribution in [2.24, 2.45) is 0 Å². The summed E-state index contributed by atoms with van der Waals surface area (Å²) in [7, 11) is 0. The molecule has 0 fully saturated rings. The summed E-state index contributed by atoms with van der Waals surface area (Å²) in [5.41, 5.74) is 4.58. The van der Waals surface area contributed by atoms with Gasteiger partial charge in [-0.1, -0.05) is 6.92 Å². The molecule has 0 N–H and O–H groups in total. The van der Waals surface area contributed by atoms with Crippen LogP contribution >= 0.6 is 11.3 Å². The lowest BCUT2D eigenvalue weighted by Gasteiger charge is -2.03. The fraction of sp³-hybridized carbons (Fsp3) is 0.462. The molecule has 2 aromatic heterocycles. The Morgan fingerprint density at radius 3 is 2.78 bits per heavy atom. The van der Waals surface area contributed by atoms with E-state index in [0.29, 0.717) is 6.42 Å². The molecule has 0 unspecified atom stereocenters. The van der Waals surface area contributed by atoms with Crippen LogP contribution in [-0.2, 0) is 19.4 Å². The van der Waals surface area contributed by atoms with Gasteiger partial charge in [0, 0.05) is 12.2 Å². The van der Waals surface area contributed by atoms with Gasteiger partial charge in [0.05, 0.1) is 28.2 Å². The monoisotopic (exact) mass is 263 g/mol. The van der Waals surface area contributed by atoms with Crippen LogP contribution in [-0.4, -0.2) is 20.5 Å². The van der Waals surface area contributed by atoms with E-state index < -0.39 is 0 Å². The van der Waals surface area contributed by atoms with Gasteiger partial charge in [-0.15, -0.1) is 11.3 Å². The Balaban J connectivity index is 2.21. The first-order valence-corrected chi connectivity index (χ1v) is 7.02. The van der Waals surface area contributed by atoms with Gasteiger partial charge in [0.1, 0.15) is 0 Å². The van der Waals surface area contributed by atoms with E-state index in [4.69, 9.17) is 0 Å². The highest BCUT2D eigenvalue weighted by Crippen LogP contribution is 2.16. The Morgan fingerprint density at radius 2 is 2.22 bits per heavy atom. The minimum atomic E-state index is 0.132. The number of hydrogen-bond donors (Lipinski definition) is 0. The van der Waals surface area contributed by atoms with Crippen molar-refractivity contribution in [2.45, 2.75) is 40.2 Å². The van der Waals surface area contributed by atoms with Gasteiger partial charge in [-0.25, -0.2) is 4.98 Å². The number of hydrogen-bond acceptors (Lipinski definition) is 4. The molecular weight excluding hydrogens is 246 g/mol. The first-order valence-electron chi connectivity index (χ1n) is 6.14. The van der Waals surface area contributed by atoms with E-state index in [0.717, 1.165) is 34.9 Å². The van der Waals surface area contributed by atoms with E-state index in [9.17, 15) is 4.79 Å². The van der Waals surface area contributed by atoms with Crippen LogP contribution in [0.2, 0.25) is 0 Å². The second-order valence-electron chi connectivity index (χ2n) is 4.16. The van der Waals surface area contributed by atoms with Gasteiger partial charge in [-0.2, -0.15) is 5.10 Å². The van der Waals surface area contributed by atoms with Gasteiger partial charge in [-0.05, 0) is 26.3 Å². The Morgan fingerprint density at radius 1 is 1.44 bits per heavy atom. The first kappa shape index (κ1) is 13.0. The zero-order valence-corrected chi connectivity index (χ0v) is 11.8. The van der Waals surface area contributed by atoms with Gasteiger partial charge in [0.2, 0.25) is 0 Å². The molecule has 0 atom stereocenters. The highest BCUT2D eigenvalue weighted by molar-refractivity contribution is 7.11. The quantitative estimate of drug-likeness (QED) is 0.779. The number of thiazole rings is 1. The third kappa shape index (κ3) is 2.51. The average molecular weight is 263 g/mol. The molecule has 0 saturated carbocycles. The highest BCUT2D eigenvalue weighted by Gasteiger charge is 2.15. The molecular formula is C13H17N3OS. The fourth-order valence-electron chi connectivity index (χ4n) is 1.92. The summed E-state index contributed by atoms with van der Waals surface area (Å²) in [6, 6.07) is 2.03. The van der Waals surface area contributed by atoms with Gasteiger partial charge >= 0.3 is 0 Å². The van der Waals surface area contributed by atoms with E-state index in [-0.39, 0.29) is 5.78 Å². The molecule has 2 rings (SSSR count). The number of nitrogens with zero attached hydrogens (tertiary/aromatic N) is 3. The molecule has 0 radical (unpaired) electrons. The zero-order chi connectivity index (χ0) is 13.1. The topological polar surface area (TPSA) is 47.8 Å². The van der Waals surface area contributed by atoms with E-state index in [1.165, 1.54) is 11.3 Å². The molecule has 4 nitrogen and oxygen atoms in total. The van der Waals surface area contributed by atoms with Crippen LogP contribution in [0.1, 0.15) is 40.6 Å². The Hall–Kier alpha value is -1.49. The van der Waals surface area contributed by atoms with E-state index >= 15 is 0 Å². The van der Waals surface area contributed by atoms with Crippen molar-refractivity contribution < 1.29 is 4.79 Å². The van der Waals surface area contributed by atoms with Gasteiger partial charge in [0.25, 0.3) is 0 Å². The summed E-state index contributed by atoms with van der Waals surface area (Å²) < 4.78 is 1.91. The normalized spacial score (nSPS) is 10.8. The van der Waals surface area contributed by atoms with Gasteiger partial charge < -0.3 is 0 Å². The third-order valence-electron chi connectivity index (χ3n) is 2.92. The molecule has 18 heavy (non-hydrogen) atoms. The van der Waals surface area contributed by atoms with Crippen LogP contribution in [0, 0.1) is 6.92 Å². The van der Waals surface area contributed by atoms with Crippen molar-refractivity contribution in [3.63, 3.8) is 0 Å². The highest BCUT2D eigenvalue weighted by atomic mass is 32.1. The largest absolute Gasteiger partial charge is 0.293 e. The van der Waals surface area contributed by atoms with Crippen molar-refractivity contribution in [3.8, 4) is 0 Å². The summed E-state index contributed by atoms with van der Waals surface area (Å²) in [5.74, 6) is 0.132. The minimum Gasteiger partial charge on any atom is -0.293 e. The zero-order valence-electron chi connectivity index (χ0n) is 10.9. The van der Waals surface area contributed by atoms with Crippen LogP contribution in [0.25, 0.3) is 0 Å². The molecule has 0 aromatic carbocycles. The summed E-state index contributed by atoms with van der Waals surface area (Å²) in [6.07, 6.45) is 1.30. The molecule has 0 aliphatic carbocycles. The number of Topliss-reactive ketones (excluding diaryl/α,β-unsaturated/α-hetero) is 1. The van der Waals surface area contributed by atoms with Crippen LogP contribution in [0.3, 0.4) is 0 Å². The van der Waals surface area contributed by atoms with E-state index in [1.807, 2.05) is 24.6 Å². The summed E-state index contributed by atoms with van der Waals surface area (Å²) in [5, 5.41) is 4.46. The maximum absolute atomic E-state index is 12.2. The number of aromatic nitrogens is 3. The lowest BCUT2D eigenvalue weighted by molar-refractivity contribution is 0.0993. The molecule has 2 aromatic rings. The molecule has 0 saturated heterocycles. The van der Waals surface area contributed by atoms with Crippen molar-refractivity contribution >= 4 is 17.1 Å². The Labute approximate surface area is 111 Å². The molecule has 0 aliphatic rings. The summed E-state index contributed by atoms with van der Waals surface area (Å²) >= 11 is 1.41. The predicted molar refractivity (Wildman–Crippen MR) is 72.2 cm³/mol. The third-order valence-corrected chi connectivity index (χ3v) is 3.89. The summed E-state index contributed by atoms with van der Waals surface area (Å²) in [6.45, 7) is 6.78. The molecule has 5 heteroatoms. The standard InChI is InChI=1S/C13H17N3OS/c1-4-10-6-11(16(5-2)15-10)7-12(17)13-9(3)14-8-18-13/h6,8H,4-5,7H2,1-3H3. The Kier molecular flexibility index (Phi) is 3.91. The molecule has 0 aliphatic heterocycles. The number of carbonyl (C=O) groups is 1. The SMILES string of the molecule is CCc1cc(CC(=O)c2scnc2C)n(CC)n1. The molecule has 2 heterocycles. The second-order valence-corrected chi connectivity index (χ2v) is 5.02. The lowest BCUT2D eigenvalue weighted by Crippen LogP contribution is -2.09. The number of carbonyl (C=O) groups excluding carboxylic acids is 1. The average Bonchev–Trinajstić information content (AvgIpc) is 2.95. The lowest BCUT2D eigenvalue weighted by atomic mass is 10.1. The summed E-state index contributed by atoms with van der Waals surface area (Å²) in [4.78, 5) is 17.1. The second kappa shape index (κ2) is 5.44. The van der Waals surface area contributed by atoms with Crippen molar-refractivity contribution in [3.05, 3.63) is 33.5 Å². The molecule has 0 bridgehead atoms. The van der Waals surface area contributed by atoms with E-state index in [1.54, 1.807) is 5.51 Å². The van der Waals surface area contributed by atoms with Crippen molar-refractivity contribution in [1.29, 1.82) is 0 Å². The Bertz CT molecular complexity index is 556. The fourth-order valence-corrected chi connectivity index (χ4v) is 2.66. The maximum Gasteiger partial charge on any atom is 0.180 e. The molecule has 0 amide bonds. The van der Waals surface area contributed by atoms with Gasteiger partial charge in [0.15, 0.2) is 5.78 Å². The van der Waals surface area contributed by atoms with Crippen molar-refractivity contribution in [1.82, 2.24) is 14.8 Å². The van der Waals surface area contributed by atoms with Crippen LogP contribution in [0.15, 0.2) is 11.6 Å². The number of ketones is 1. The minimum absolute atomic E-state index is 0.132. The number of rotatable bonds is 5. The van der Waals surface area contributed by atoms with E-state index in [2.05, 4.69) is 17.0 Å². The van der Waals surface area contributed by atoms with Gasteiger partial charge in [-0.3, -0.25) is 9.48 Å². The molecule has 96 valence electrons. The first-order chi connectivity index (χ1) is 8.65. The number of aryl methyl sites for hydroxylation is 3. The predicted octanol–water partition coefficient (Wildman–Crippen LogP) is 2.66. The van der Waals surface area contributed by atoms with Crippen LogP contribution < -0.4 is 0 Å².